The number of anilines is 6. The van der Waals surface area contributed by atoms with E-state index >= 15 is 0 Å². The summed E-state index contributed by atoms with van der Waals surface area (Å²) in [6.45, 7) is 0. The van der Waals surface area contributed by atoms with Crippen LogP contribution in [-0.2, 0) is 0 Å². The van der Waals surface area contributed by atoms with Crippen molar-refractivity contribution in [3.8, 4) is 11.1 Å². The van der Waals surface area contributed by atoms with Gasteiger partial charge in [0.05, 0.1) is 5.69 Å². The van der Waals surface area contributed by atoms with Crippen molar-refractivity contribution in [1.29, 1.82) is 0 Å². The van der Waals surface area contributed by atoms with E-state index < -0.39 is 0 Å². The van der Waals surface area contributed by atoms with Gasteiger partial charge in [0.25, 0.3) is 0 Å². The van der Waals surface area contributed by atoms with Gasteiger partial charge >= 0.3 is 0 Å². The predicted octanol–water partition coefficient (Wildman–Crippen LogP) is 15.7. The second kappa shape index (κ2) is 13.6. The Hall–Kier alpha value is -7.62. The van der Waals surface area contributed by atoms with Crippen LogP contribution in [0.5, 0.6) is 0 Å². The minimum absolute atomic E-state index is 0.901. The number of para-hydroxylation sites is 3. The van der Waals surface area contributed by atoms with Gasteiger partial charge in [0.2, 0.25) is 0 Å². The first kappa shape index (κ1) is 32.8. The molecule has 0 saturated heterocycles. The zero-order chi connectivity index (χ0) is 37.7. The third-order valence-corrected chi connectivity index (χ3v) is 11.2. The van der Waals surface area contributed by atoms with Crippen molar-refractivity contribution in [2.45, 2.75) is 0 Å². The lowest BCUT2D eigenvalue weighted by molar-refractivity contribution is 0.673. The Bertz CT molecular complexity index is 3180. The molecule has 1 aromatic heterocycles. The van der Waals surface area contributed by atoms with Crippen molar-refractivity contribution in [3.63, 3.8) is 0 Å². The standard InChI is InChI=1S/C54H36N2O/c1-3-16-40(17-4-1)55(41-18-5-2-6-19-41)42-30-26-37(27-31-42)38-28-32-43(33-29-38)56(51-24-13-15-39-14-7-8-20-45(39)51)44-34-35-47-46-21-9-10-22-48(46)54-53(50(47)36-44)49-23-11-12-25-52(49)57-54/h1-36H. The summed E-state index contributed by atoms with van der Waals surface area (Å²) in [7, 11) is 0. The third-order valence-electron chi connectivity index (χ3n) is 11.2. The van der Waals surface area contributed by atoms with Gasteiger partial charge in [0.15, 0.2) is 0 Å². The van der Waals surface area contributed by atoms with Crippen molar-refractivity contribution in [1.82, 2.24) is 0 Å². The SMILES string of the molecule is c1ccc(N(c2ccccc2)c2ccc(-c3ccc(N(c4ccc5c6ccccc6c6oc7ccccc7c6c5c4)c4cccc5ccccc45)cc3)cc2)cc1. The highest BCUT2D eigenvalue weighted by Crippen LogP contribution is 2.45. The Kier molecular flexibility index (Phi) is 7.82. The van der Waals surface area contributed by atoms with Crippen LogP contribution in [0.4, 0.5) is 34.1 Å². The maximum Gasteiger partial charge on any atom is 0.143 e. The molecule has 3 heteroatoms. The Morgan fingerprint density at radius 2 is 0.789 bits per heavy atom. The fraction of sp³-hybridized carbons (Fsp3) is 0. The van der Waals surface area contributed by atoms with Crippen molar-refractivity contribution in [3.05, 3.63) is 218 Å². The van der Waals surface area contributed by atoms with Gasteiger partial charge in [-0.15, -0.1) is 0 Å². The molecular formula is C54H36N2O. The van der Waals surface area contributed by atoms with Crippen LogP contribution in [0.2, 0.25) is 0 Å². The van der Waals surface area contributed by atoms with Crippen LogP contribution in [0, 0.1) is 0 Å². The number of hydrogen-bond acceptors (Lipinski definition) is 3. The maximum absolute atomic E-state index is 6.61. The number of rotatable bonds is 7. The lowest BCUT2D eigenvalue weighted by atomic mass is 9.96. The van der Waals surface area contributed by atoms with Crippen molar-refractivity contribution in [2.24, 2.45) is 0 Å². The van der Waals surface area contributed by atoms with E-state index in [1.165, 1.54) is 26.9 Å². The maximum atomic E-state index is 6.61. The Labute approximate surface area is 330 Å². The average molecular weight is 729 g/mol. The fourth-order valence-corrected chi connectivity index (χ4v) is 8.57. The summed E-state index contributed by atoms with van der Waals surface area (Å²) < 4.78 is 6.61. The van der Waals surface area contributed by atoms with E-state index in [9.17, 15) is 0 Å². The van der Waals surface area contributed by atoms with Gasteiger partial charge in [-0.2, -0.15) is 0 Å². The van der Waals surface area contributed by atoms with Crippen LogP contribution in [0.1, 0.15) is 0 Å². The van der Waals surface area contributed by atoms with Gasteiger partial charge in [-0.05, 0) is 105 Å². The zero-order valence-corrected chi connectivity index (χ0v) is 31.1. The molecule has 0 spiro atoms. The van der Waals surface area contributed by atoms with E-state index in [-0.39, 0.29) is 0 Å². The normalized spacial score (nSPS) is 11.5. The molecule has 0 atom stereocenters. The summed E-state index contributed by atoms with van der Waals surface area (Å²) in [4.78, 5) is 4.69. The van der Waals surface area contributed by atoms with Crippen LogP contribution in [0.15, 0.2) is 223 Å². The molecule has 1 heterocycles. The molecule has 0 N–H and O–H groups in total. The Balaban J connectivity index is 1.04. The Morgan fingerprint density at radius 1 is 0.298 bits per heavy atom. The molecule has 0 aliphatic heterocycles. The lowest BCUT2D eigenvalue weighted by Crippen LogP contribution is -2.10. The Morgan fingerprint density at radius 3 is 1.47 bits per heavy atom. The predicted molar refractivity (Wildman–Crippen MR) is 241 cm³/mol. The first-order valence-electron chi connectivity index (χ1n) is 19.4. The topological polar surface area (TPSA) is 19.6 Å². The van der Waals surface area contributed by atoms with Gasteiger partial charge < -0.3 is 14.2 Å². The summed E-state index contributed by atoms with van der Waals surface area (Å²) in [5.41, 5.74) is 10.8. The van der Waals surface area contributed by atoms with Crippen LogP contribution in [0.25, 0.3) is 65.4 Å². The van der Waals surface area contributed by atoms with E-state index in [4.69, 9.17) is 4.42 Å². The van der Waals surface area contributed by atoms with Crippen molar-refractivity contribution < 1.29 is 4.42 Å². The van der Waals surface area contributed by atoms with E-state index in [0.29, 0.717) is 0 Å². The minimum Gasteiger partial charge on any atom is -0.455 e. The zero-order valence-electron chi connectivity index (χ0n) is 31.1. The molecule has 3 nitrogen and oxygen atoms in total. The van der Waals surface area contributed by atoms with Crippen molar-refractivity contribution >= 4 is 88.4 Å². The van der Waals surface area contributed by atoms with E-state index in [1.54, 1.807) is 0 Å². The minimum atomic E-state index is 0.901. The van der Waals surface area contributed by atoms with Crippen LogP contribution >= 0.6 is 0 Å². The van der Waals surface area contributed by atoms with Gasteiger partial charge in [0.1, 0.15) is 11.2 Å². The van der Waals surface area contributed by atoms with Crippen LogP contribution in [0.3, 0.4) is 0 Å². The van der Waals surface area contributed by atoms with Gasteiger partial charge in [-0.1, -0.05) is 146 Å². The molecular weight excluding hydrogens is 693 g/mol. The monoisotopic (exact) mass is 728 g/mol. The van der Waals surface area contributed by atoms with Gasteiger partial charge in [0, 0.05) is 50.0 Å². The molecule has 0 aliphatic rings. The van der Waals surface area contributed by atoms with E-state index in [1.807, 2.05) is 6.07 Å². The first-order chi connectivity index (χ1) is 28.3. The molecule has 0 amide bonds. The summed E-state index contributed by atoms with van der Waals surface area (Å²) in [6, 6.07) is 78.0. The number of benzene rings is 10. The lowest BCUT2D eigenvalue weighted by Gasteiger charge is -2.27. The summed E-state index contributed by atoms with van der Waals surface area (Å²) in [5.74, 6) is 0. The fourth-order valence-electron chi connectivity index (χ4n) is 8.57. The highest BCUT2D eigenvalue weighted by atomic mass is 16.3. The number of furan rings is 1. The molecule has 0 aliphatic carbocycles. The second-order valence-corrected chi connectivity index (χ2v) is 14.5. The van der Waals surface area contributed by atoms with Gasteiger partial charge in [-0.25, -0.2) is 0 Å². The molecule has 11 aromatic rings. The largest absolute Gasteiger partial charge is 0.455 e. The number of hydrogen-bond donors (Lipinski definition) is 0. The average Bonchev–Trinajstić information content (AvgIpc) is 3.68. The van der Waals surface area contributed by atoms with E-state index in [2.05, 4.69) is 222 Å². The molecule has 268 valence electrons. The summed E-state index contributed by atoms with van der Waals surface area (Å²) >= 11 is 0. The third kappa shape index (κ3) is 5.60. The summed E-state index contributed by atoms with van der Waals surface area (Å²) in [5, 5.41) is 9.38. The first-order valence-corrected chi connectivity index (χ1v) is 19.4. The highest BCUT2D eigenvalue weighted by Gasteiger charge is 2.20. The molecule has 0 saturated carbocycles. The number of nitrogens with zero attached hydrogens (tertiary/aromatic N) is 2. The highest BCUT2D eigenvalue weighted by molar-refractivity contribution is 6.30. The summed E-state index contributed by atoms with van der Waals surface area (Å²) in [6.07, 6.45) is 0. The van der Waals surface area contributed by atoms with Crippen molar-refractivity contribution in [2.75, 3.05) is 9.80 Å². The molecule has 0 unspecified atom stereocenters. The second-order valence-electron chi connectivity index (χ2n) is 14.5. The smallest absolute Gasteiger partial charge is 0.143 e. The van der Waals surface area contributed by atoms with Gasteiger partial charge in [-0.3, -0.25) is 0 Å². The van der Waals surface area contributed by atoms with Crippen LogP contribution in [-0.4, -0.2) is 0 Å². The molecule has 10 aromatic carbocycles. The molecule has 0 bridgehead atoms. The van der Waals surface area contributed by atoms with Crippen LogP contribution < -0.4 is 9.80 Å². The molecule has 57 heavy (non-hydrogen) atoms. The quantitative estimate of drug-likeness (QED) is 0.152. The molecule has 0 fully saturated rings. The van der Waals surface area contributed by atoms with E-state index in [0.717, 1.165) is 72.6 Å². The molecule has 0 radical (unpaired) electrons. The molecule has 11 rings (SSSR count). The number of fused-ring (bicyclic) bond motifs is 9.